The van der Waals surface area contributed by atoms with Crippen LogP contribution in [-0.2, 0) is 4.79 Å². The van der Waals surface area contributed by atoms with Crippen molar-refractivity contribution in [3.8, 4) is 0 Å². The van der Waals surface area contributed by atoms with E-state index in [1.54, 1.807) is 0 Å². The second-order valence-electron chi connectivity index (χ2n) is 2.49. The van der Waals surface area contributed by atoms with E-state index >= 15 is 0 Å². The average Bonchev–Trinajstić information content (AvgIpc) is 2.05. The van der Waals surface area contributed by atoms with Gasteiger partial charge in [-0.25, -0.2) is 0 Å². The quantitative estimate of drug-likeness (QED) is 0.347. The average molecular weight is 175 g/mol. The van der Waals surface area contributed by atoms with E-state index in [1.165, 1.54) is 0 Å². The summed E-state index contributed by atoms with van der Waals surface area (Å²) in [5.74, 6) is -1.20. The van der Waals surface area contributed by atoms with Crippen LogP contribution in [0.2, 0.25) is 0 Å². The van der Waals surface area contributed by atoms with Gasteiger partial charge in [-0.1, -0.05) is 18.2 Å². The second-order valence-corrected chi connectivity index (χ2v) is 2.49. The molecule has 0 spiro atoms. The van der Waals surface area contributed by atoms with Crippen molar-refractivity contribution in [3.63, 3.8) is 0 Å². The van der Waals surface area contributed by atoms with Crippen LogP contribution in [-0.4, -0.2) is 12.0 Å². The van der Waals surface area contributed by atoms with Gasteiger partial charge >= 0.3 is 29.6 Å². The zero-order valence-corrected chi connectivity index (χ0v) is 9.12. The third-order valence-corrected chi connectivity index (χ3v) is 1.69. The predicted octanol–water partition coefficient (Wildman–Crippen LogP) is -3.66. The number of rotatable bonds is 2. The Morgan fingerprint density at radius 2 is 2.25 bits per heavy atom. The smallest absolute Gasteiger partial charge is 0.548 e. The number of hydrogen-bond donors (Lipinski definition) is 1. The third kappa shape index (κ3) is 3.11. The van der Waals surface area contributed by atoms with Crippen molar-refractivity contribution >= 4 is 5.97 Å². The van der Waals surface area contributed by atoms with Gasteiger partial charge in [-0.15, -0.1) is 0 Å². The molecule has 1 aliphatic rings. The molecule has 4 heteroatoms. The summed E-state index contributed by atoms with van der Waals surface area (Å²) in [4.78, 5) is 10.3. The SMILES string of the molecule is N[C@@H](C(=O)[O-])C1=CCC=CC1.[Na+]. The Kier molecular flexibility index (Phi) is 5.50. The summed E-state index contributed by atoms with van der Waals surface area (Å²) < 4.78 is 0. The summed E-state index contributed by atoms with van der Waals surface area (Å²) in [6, 6.07) is -0.931. The van der Waals surface area contributed by atoms with Crippen LogP contribution < -0.4 is 40.4 Å². The molecule has 0 saturated carbocycles. The fraction of sp³-hybridized carbons (Fsp3) is 0.375. The Labute approximate surface area is 93.6 Å². The Hall–Kier alpha value is -0.0900. The van der Waals surface area contributed by atoms with Crippen molar-refractivity contribution < 1.29 is 39.5 Å². The Balaban J connectivity index is 0.00000121. The van der Waals surface area contributed by atoms with Crippen LogP contribution in [0.15, 0.2) is 23.8 Å². The topological polar surface area (TPSA) is 66.2 Å². The standard InChI is InChI=1S/C8H11NO2.Na/c9-7(8(10)11)6-4-2-1-3-5-6;/h1-2,5,7H,3-4,9H2,(H,10,11);/q;+1/p-1/t7-;/m1./s1. The molecule has 0 bridgehead atoms. The van der Waals surface area contributed by atoms with Gasteiger partial charge in [0.2, 0.25) is 0 Å². The van der Waals surface area contributed by atoms with Gasteiger partial charge in [0.05, 0.1) is 12.0 Å². The van der Waals surface area contributed by atoms with Gasteiger partial charge in [-0.05, 0) is 18.4 Å². The van der Waals surface area contributed by atoms with Crippen molar-refractivity contribution in [2.24, 2.45) is 5.73 Å². The predicted molar refractivity (Wildman–Crippen MR) is 39.4 cm³/mol. The van der Waals surface area contributed by atoms with Gasteiger partial charge in [-0.2, -0.15) is 0 Å². The van der Waals surface area contributed by atoms with E-state index < -0.39 is 12.0 Å². The van der Waals surface area contributed by atoms with Gasteiger partial charge in [0.1, 0.15) is 0 Å². The number of hydrogen-bond acceptors (Lipinski definition) is 3. The summed E-state index contributed by atoms with van der Waals surface area (Å²) in [7, 11) is 0. The van der Waals surface area contributed by atoms with E-state index in [1.807, 2.05) is 18.2 Å². The van der Waals surface area contributed by atoms with Gasteiger partial charge in [-0.3, -0.25) is 0 Å². The maximum Gasteiger partial charge on any atom is 1.00 e. The van der Waals surface area contributed by atoms with Crippen molar-refractivity contribution in [3.05, 3.63) is 23.8 Å². The molecule has 0 aromatic carbocycles. The normalized spacial score (nSPS) is 17.6. The van der Waals surface area contributed by atoms with Gasteiger partial charge < -0.3 is 15.6 Å². The maximum atomic E-state index is 10.3. The van der Waals surface area contributed by atoms with Crippen LogP contribution in [0.25, 0.3) is 0 Å². The molecule has 0 fully saturated rings. The molecule has 0 aromatic heterocycles. The molecule has 60 valence electrons. The molecule has 12 heavy (non-hydrogen) atoms. The molecule has 1 rings (SSSR count). The summed E-state index contributed by atoms with van der Waals surface area (Å²) in [6.45, 7) is 0. The minimum absolute atomic E-state index is 0. The summed E-state index contributed by atoms with van der Waals surface area (Å²) in [5, 5.41) is 10.3. The van der Waals surface area contributed by atoms with E-state index in [4.69, 9.17) is 5.73 Å². The van der Waals surface area contributed by atoms with Crippen molar-refractivity contribution in [2.45, 2.75) is 18.9 Å². The molecule has 0 saturated heterocycles. The molecule has 0 amide bonds. The number of allylic oxidation sites excluding steroid dienone is 3. The maximum absolute atomic E-state index is 10.3. The van der Waals surface area contributed by atoms with Crippen molar-refractivity contribution in [2.75, 3.05) is 0 Å². The summed E-state index contributed by atoms with van der Waals surface area (Å²) in [5.41, 5.74) is 6.07. The molecule has 0 heterocycles. The van der Waals surface area contributed by atoms with Crippen LogP contribution in [0.3, 0.4) is 0 Å². The molecule has 0 radical (unpaired) electrons. The van der Waals surface area contributed by atoms with Gasteiger partial charge in [0.15, 0.2) is 0 Å². The van der Waals surface area contributed by atoms with Gasteiger partial charge in [0.25, 0.3) is 0 Å². The zero-order valence-electron chi connectivity index (χ0n) is 7.12. The van der Waals surface area contributed by atoms with E-state index in [9.17, 15) is 9.90 Å². The molecule has 1 atom stereocenters. The number of carbonyl (C=O) groups is 1. The van der Waals surface area contributed by atoms with Crippen molar-refractivity contribution in [1.29, 1.82) is 0 Å². The number of nitrogens with two attached hydrogens (primary N) is 1. The fourth-order valence-electron chi connectivity index (χ4n) is 1.02. The van der Waals surface area contributed by atoms with Crippen LogP contribution in [0, 0.1) is 0 Å². The Morgan fingerprint density at radius 3 is 2.67 bits per heavy atom. The first-order valence-corrected chi connectivity index (χ1v) is 3.52. The molecule has 0 aliphatic heterocycles. The van der Waals surface area contributed by atoms with Crippen LogP contribution in [0.4, 0.5) is 0 Å². The zero-order chi connectivity index (χ0) is 8.27. The summed E-state index contributed by atoms with van der Waals surface area (Å²) >= 11 is 0. The van der Waals surface area contributed by atoms with E-state index in [0.717, 1.165) is 12.0 Å². The van der Waals surface area contributed by atoms with Crippen LogP contribution >= 0.6 is 0 Å². The fourth-order valence-corrected chi connectivity index (χ4v) is 1.02. The minimum atomic E-state index is -1.20. The number of carboxylic acids is 1. The number of carbonyl (C=O) groups excluding carboxylic acids is 1. The number of aliphatic carboxylic acids is 1. The van der Waals surface area contributed by atoms with Gasteiger partial charge in [0, 0.05) is 0 Å². The molecular formula is C8H10NNaO2. The van der Waals surface area contributed by atoms with Crippen molar-refractivity contribution in [1.82, 2.24) is 0 Å². The second kappa shape index (κ2) is 5.54. The molecule has 0 unspecified atom stereocenters. The monoisotopic (exact) mass is 175 g/mol. The Bertz CT molecular complexity index is 223. The van der Waals surface area contributed by atoms with Crippen LogP contribution in [0.5, 0.6) is 0 Å². The first-order chi connectivity index (χ1) is 5.22. The van der Waals surface area contributed by atoms with E-state index in [0.29, 0.717) is 6.42 Å². The minimum Gasteiger partial charge on any atom is -0.548 e. The number of carboxylic acid groups (broad SMARTS) is 1. The molecule has 0 aromatic rings. The molecule has 2 N–H and O–H groups in total. The first-order valence-electron chi connectivity index (χ1n) is 3.52. The van der Waals surface area contributed by atoms with E-state index in [-0.39, 0.29) is 29.6 Å². The van der Waals surface area contributed by atoms with E-state index in [2.05, 4.69) is 0 Å². The third-order valence-electron chi connectivity index (χ3n) is 1.69. The van der Waals surface area contributed by atoms with Crippen LogP contribution in [0.1, 0.15) is 12.8 Å². The molecule has 1 aliphatic carbocycles. The molecule has 3 nitrogen and oxygen atoms in total. The largest absolute Gasteiger partial charge is 1.00 e. The Morgan fingerprint density at radius 1 is 1.58 bits per heavy atom. The molecular weight excluding hydrogens is 165 g/mol. The first kappa shape index (κ1) is 11.9. The summed E-state index contributed by atoms with van der Waals surface area (Å²) in [6.07, 6.45) is 7.13.